The van der Waals surface area contributed by atoms with Gasteiger partial charge in [0.25, 0.3) is 0 Å². The van der Waals surface area contributed by atoms with Gasteiger partial charge in [0, 0.05) is 37.6 Å². The number of hydrogen-bond acceptors (Lipinski definition) is 10. The smallest absolute Gasteiger partial charge is 0.408 e. The summed E-state index contributed by atoms with van der Waals surface area (Å²) in [6.45, 7) is 17.7. The second-order valence-electron chi connectivity index (χ2n) is 17.6. The van der Waals surface area contributed by atoms with Gasteiger partial charge in [0.15, 0.2) is 0 Å². The van der Waals surface area contributed by atoms with Crippen molar-refractivity contribution >= 4 is 41.6 Å². The van der Waals surface area contributed by atoms with Gasteiger partial charge in [-0.15, -0.1) is 0 Å². The van der Waals surface area contributed by atoms with Gasteiger partial charge in [0.2, 0.25) is 29.5 Å². The van der Waals surface area contributed by atoms with Crippen molar-refractivity contribution in [3.05, 3.63) is 54.1 Å². The Morgan fingerprint density at radius 3 is 1.76 bits per heavy atom. The molecule has 6 amide bonds. The Morgan fingerprint density at radius 1 is 0.661 bits per heavy atom. The van der Waals surface area contributed by atoms with Gasteiger partial charge in [-0.3, -0.25) is 34.1 Å². The van der Waals surface area contributed by atoms with E-state index in [1.54, 1.807) is 58.9 Å². The van der Waals surface area contributed by atoms with Crippen molar-refractivity contribution in [3.63, 3.8) is 0 Å². The molecule has 16 nitrogen and oxygen atoms in total. The Bertz CT molecular complexity index is 1670. The van der Waals surface area contributed by atoms with Crippen LogP contribution in [0.25, 0.3) is 0 Å². The SMILES string of the molecule is CC(C)C[C@H](NC(=O)[C@H](Cc1cnc[nH]1)NC(=O)[C@H](Cc1ccccc1)NC(=O)OC(C)(C)C)C(=O)N[C@H](C(=O)NC(=O)CCCCCCC(=O)OC(C)(C)C)C(C)C. The summed E-state index contributed by atoms with van der Waals surface area (Å²) in [5, 5.41) is 13.3. The van der Waals surface area contributed by atoms with E-state index < -0.39 is 76.9 Å². The fraction of sp³-hybridized carbons (Fsp3) is 0.628. The van der Waals surface area contributed by atoms with Gasteiger partial charge in [-0.05, 0) is 78.2 Å². The second kappa shape index (κ2) is 24.0. The lowest BCUT2D eigenvalue weighted by molar-refractivity contribution is -0.155. The van der Waals surface area contributed by atoms with Crippen LogP contribution in [-0.4, -0.2) is 86.9 Å². The fourth-order valence-corrected chi connectivity index (χ4v) is 5.95. The van der Waals surface area contributed by atoms with Crippen molar-refractivity contribution in [3.8, 4) is 0 Å². The Morgan fingerprint density at radius 2 is 1.22 bits per heavy atom. The first kappa shape index (κ1) is 49.9. The summed E-state index contributed by atoms with van der Waals surface area (Å²) in [5.74, 6) is -3.90. The number of hydrogen-bond donors (Lipinski definition) is 6. The van der Waals surface area contributed by atoms with Crippen LogP contribution in [0.4, 0.5) is 4.79 Å². The number of aromatic nitrogens is 2. The van der Waals surface area contributed by atoms with Crippen molar-refractivity contribution < 1.29 is 43.0 Å². The van der Waals surface area contributed by atoms with Crippen LogP contribution in [0.5, 0.6) is 0 Å². The zero-order chi connectivity index (χ0) is 44.3. The molecule has 59 heavy (non-hydrogen) atoms. The molecule has 1 aromatic heterocycles. The average molecular weight is 826 g/mol. The van der Waals surface area contributed by atoms with Gasteiger partial charge < -0.3 is 35.7 Å². The summed E-state index contributed by atoms with van der Waals surface area (Å²) >= 11 is 0. The first-order valence-electron chi connectivity index (χ1n) is 20.5. The zero-order valence-corrected chi connectivity index (χ0v) is 36.5. The van der Waals surface area contributed by atoms with E-state index in [1.165, 1.54) is 12.5 Å². The van der Waals surface area contributed by atoms with Crippen LogP contribution >= 0.6 is 0 Å². The van der Waals surface area contributed by atoms with Crippen LogP contribution in [0.2, 0.25) is 0 Å². The molecule has 0 unspecified atom stereocenters. The molecule has 2 aromatic rings. The standard InChI is InChI=1S/C43H67N7O9/c1-27(2)22-31(39(55)50-36(28(3)4)40(56)49-34(51)20-16-11-12-17-21-35(52)58-42(5,6)7)46-38(54)33(24-30-25-44-26-45-30)47-37(53)32(23-29-18-14-13-15-19-29)48-41(57)59-43(8,9)10/h13-15,18-19,25-28,31-33,36H,11-12,16-17,20-24H2,1-10H3,(H,44,45)(H,46,54)(H,47,53)(H,48,57)(H,50,55)(H,49,51,56)/t31-,32-,33-,36-/m0/s1. The minimum Gasteiger partial charge on any atom is -0.460 e. The van der Waals surface area contributed by atoms with Gasteiger partial charge in [0.05, 0.1) is 6.33 Å². The number of aromatic amines is 1. The molecule has 16 heteroatoms. The third kappa shape index (κ3) is 20.8. The van der Waals surface area contributed by atoms with E-state index in [0.717, 1.165) is 12.0 Å². The zero-order valence-electron chi connectivity index (χ0n) is 36.5. The van der Waals surface area contributed by atoms with Crippen LogP contribution in [0, 0.1) is 11.8 Å². The first-order chi connectivity index (χ1) is 27.5. The van der Waals surface area contributed by atoms with Crippen molar-refractivity contribution in [2.45, 2.75) is 162 Å². The average Bonchev–Trinajstić information content (AvgIpc) is 3.62. The molecule has 1 aromatic carbocycles. The Hall–Kier alpha value is -5.28. The summed E-state index contributed by atoms with van der Waals surface area (Å²) in [6, 6.07) is 4.49. The topological polar surface area (TPSA) is 227 Å². The van der Waals surface area contributed by atoms with E-state index in [1.807, 2.05) is 40.7 Å². The van der Waals surface area contributed by atoms with Crippen molar-refractivity contribution in [2.75, 3.05) is 0 Å². The lowest BCUT2D eigenvalue weighted by Crippen LogP contribution is -2.60. The second-order valence-corrected chi connectivity index (χ2v) is 17.6. The Kier molecular flexibility index (Phi) is 20.2. The van der Waals surface area contributed by atoms with Gasteiger partial charge in [-0.2, -0.15) is 0 Å². The maximum Gasteiger partial charge on any atom is 0.408 e. The number of amides is 6. The number of nitrogens with one attached hydrogen (secondary N) is 6. The number of unbranched alkanes of at least 4 members (excludes halogenated alkanes) is 3. The number of esters is 1. The lowest BCUT2D eigenvalue weighted by Gasteiger charge is -2.28. The van der Waals surface area contributed by atoms with Crippen molar-refractivity contribution in [1.82, 2.24) is 36.6 Å². The van der Waals surface area contributed by atoms with Crippen LogP contribution in [0.1, 0.15) is 125 Å². The molecule has 0 saturated carbocycles. The highest BCUT2D eigenvalue weighted by atomic mass is 16.6. The molecule has 2 rings (SSSR count). The van der Waals surface area contributed by atoms with Crippen LogP contribution in [0.3, 0.4) is 0 Å². The third-order valence-corrected chi connectivity index (χ3v) is 8.71. The normalized spacial score (nSPS) is 13.7. The molecule has 328 valence electrons. The molecule has 6 N–H and O–H groups in total. The van der Waals surface area contributed by atoms with E-state index in [-0.39, 0.29) is 44.0 Å². The van der Waals surface area contributed by atoms with Gasteiger partial charge in [-0.1, -0.05) is 70.9 Å². The first-order valence-corrected chi connectivity index (χ1v) is 20.5. The summed E-state index contributed by atoms with van der Waals surface area (Å²) < 4.78 is 10.7. The molecule has 0 saturated heterocycles. The number of benzene rings is 1. The number of alkyl carbamates (subject to hydrolysis) is 1. The van der Waals surface area contributed by atoms with E-state index in [0.29, 0.717) is 25.0 Å². The minimum atomic E-state index is -1.22. The number of ether oxygens (including phenoxy) is 2. The Labute approximate surface area is 348 Å². The fourth-order valence-electron chi connectivity index (χ4n) is 5.95. The number of H-pyrrole nitrogens is 1. The highest BCUT2D eigenvalue weighted by Gasteiger charge is 2.34. The molecular formula is C43H67N7O9. The van der Waals surface area contributed by atoms with E-state index in [2.05, 4.69) is 36.6 Å². The van der Waals surface area contributed by atoms with Crippen molar-refractivity contribution in [1.29, 1.82) is 0 Å². The van der Waals surface area contributed by atoms with Crippen LogP contribution in [0.15, 0.2) is 42.9 Å². The monoisotopic (exact) mass is 826 g/mol. The quantitative estimate of drug-likeness (QED) is 0.0716. The Balaban J connectivity index is 2.15. The summed E-state index contributed by atoms with van der Waals surface area (Å²) in [5.41, 5.74) is -0.0923. The van der Waals surface area contributed by atoms with E-state index in [4.69, 9.17) is 9.47 Å². The number of carbonyl (C=O) groups is 7. The van der Waals surface area contributed by atoms with Crippen molar-refractivity contribution in [2.24, 2.45) is 11.8 Å². The molecule has 0 fully saturated rings. The number of nitrogens with zero attached hydrogens (tertiary/aromatic N) is 1. The maximum absolute atomic E-state index is 14.0. The molecule has 0 aliphatic heterocycles. The number of imide groups is 1. The minimum absolute atomic E-state index is 0.0268. The summed E-state index contributed by atoms with van der Waals surface area (Å²) in [6.07, 6.45) is 5.30. The van der Waals surface area contributed by atoms with Gasteiger partial charge in [0.1, 0.15) is 35.4 Å². The van der Waals surface area contributed by atoms with E-state index in [9.17, 15) is 33.6 Å². The molecule has 1 heterocycles. The number of rotatable bonds is 22. The molecule has 0 aliphatic carbocycles. The molecule has 0 spiro atoms. The third-order valence-electron chi connectivity index (χ3n) is 8.71. The largest absolute Gasteiger partial charge is 0.460 e. The highest BCUT2D eigenvalue weighted by Crippen LogP contribution is 2.14. The predicted molar refractivity (Wildman–Crippen MR) is 222 cm³/mol. The maximum atomic E-state index is 14.0. The number of carbonyl (C=O) groups excluding carboxylic acids is 7. The summed E-state index contributed by atoms with van der Waals surface area (Å²) in [4.78, 5) is 99.5. The predicted octanol–water partition coefficient (Wildman–Crippen LogP) is 4.57. The highest BCUT2D eigenvalue weighted by molar-refractivity contribution is 6.00. The van der Waals surface area contributed by atoms with Gasteiger partial charge >= 0.3 is 12.1 Å². The molecular weight excluding hydrogens is 759 g/mol. The molecule has 0 radical (unpaired) electrons. The molecule has 0 bridgehead atoms. The number of imidazole rings is 1. The summed E-state index contributed by atoms with van der Waals surface area (Å²) in [7, 11) is 0. The molecule has 0 aliphatic rings. The molecule has 4 atom stereocenters. The van der Waals surface area contributed by atoms with Crippen LogP contribution < -0.4 is 26.6 Å². The van der Waals surface area contributed by atoms with Gasteiger partial charge in [-0.25, -0.2) is 9.78 Å². The van der Waals surface area contributed by atoms with E-state index >= 15 is 0 Å². The van der Waals surface area contributed by atoms with Crippen LogP contribution in [-0.2, 0) is 51.1 Å². The lowest BCUT2D eigenvalue weighted by atomic mass is 9.99.